The van der Waals surface area contributed by atoms with E-state index in [4.69, 9.17) is 4.18 Å². The number of thioether (sulfide) groups is 1. The van der Waals surface area contributed by atoms with Crippen molar-refractivity contribution in [2.75, 3.05) is 0 Å². The fourth-order valence-corrected chi connectivity index (χ4v) is 4.63. The van der Waals surface area contributed by atoms with Crippen molar-refractivity contribution in [3.05, 3.63) is 59.7 Å². The maximum atomic E-state index is 12.5. The minimum atomic E-state index is -4.00. The Kier molecular flexibility index (Phi) is 5.94. The molecule has 1 aliphatic heterocycles. The number of carbonyl (C=O) groups excluding carboxylic acids is 2. The van der Waals surface area contributed by atoms with Crippen LogP contribution in [0.2, 0.25) is 0 Å². The van der Waals surface area contributed by atoms with E-state index in [0.717, 1.165) is 5.56 Å². The summed E-state index contributed by atoms with van der Waals surface area (Å²) < 4.78 is 30.3. The summed E-state index contributed by atoms with van der Waals surface area (Å²) in [6, 6.07) is 12.7. The third-order valence-corrected chi connectivity index (χ3v) is 6.27. The maximum Gasteiger partial charge on any atom is 0.339 e. The molecule has 2 amide bonds. The van der Waals surface area contributed by atoms with Crippen LogP contribution in [-0.4, -0.2) is 30.4 Å². The lowest BCUT2D eigenvalue weighted by atomic mass is 10.2. The Morgan fingerprint density at radius 3 is 2.45 bits per heavy atom. The highest BCUT2D eigenvalue weighted by Crippen LogP contribution is 2.39. The summed E-state index contributed by atoms with van der Waals surface area (Å²) in [5, 5.41) is 7.63. The van der Waals surface area contributed by atoms with Crippen LogP contribution in [0.3, 0.4) is 0 Å². The lowest BCUT2D eigenvalue weighted by Crippen LogP contribution is -2.25. The number of nitrogens with zero attached hydrogens (tertiary/aromatic N) is 2. The summed E-state index contributed by atoms with van der Waals surface area (Å²) in [5.41, 5.74) is 1.54. The lowest BCUT2D eigenvalue weighted by molar-refractivity contribution is -0.129. The molecule has 2 aromatic rings. The van der Waals surface area contributed by atoms with E-state index in [-0.39, 0.29) is 27.6 Å². The van der Waals surface area contributed by atoms with E-state index in [1.54, 1.807) is 24.3 Å². The summed E-state index contributed by atoms with van der Waals surface area (Å²) in [4.78, 5) is 23.3. The van der Waals surface area contributed by atoms with Gasteiger partial charge in [0.1, 0.15) is 16.0 Å². The van der Waals surface area contributed by atoms with Crippen LogP contribution in [0.5, 0.6) is 5.75 Å². The van der Waals surface area contributed by atoms with Gasteiger partial charge in [-0.3, -0.25) is 9.59 Å². The van der Waals surface area contributed by atoms with Gasteiger partial charge in [-0.15, -0.1) is 5.10 Å². The van der Waals surface area contributed by atoms with E-state index < -0.39 is 15.5 Å². The molecule has 29 heavy (non-hydrogen) atoms. The van der Waals surface area contributed by atoms with Crippen molar-refractivity contribution in [2.24, 2.45) is 5.10 Å². The number of benzene rings is 2. The van der Waals surface area contributed by atoms with Gasteiger partial charge in [0.15, 0.2) is 5.17 Å². The third-order valence-electron chi connectivity index (χ3n) is 3.91. The van der Waals surface area contributed by atoms with Crippen LogP contribution in [0.1, 0.15) is 30.3 Å². The van der Waals surface area contributed by atoms with E-state index in [1.807, 2.05) is 6.92 Å². The number of amidine groups is 1. The molecule has 8 nitrogen and oxygen atoms in total. The Bertz CT molecular complexity index is 1080. The fraction of sp³-hybridized carbons (Fsp3) is 0.211. The van der Waals surface area contributed by atoms with E-state index >= 15 is 0 Å². The number of hydrazone groups is 1. The summed E-state index contributed by atoms with van der Waals surface area (Å²) >= 11 is 1.17. The normalized spacial score (nSPS) is 16.3. The van der Waals surface area contributed by atoms with Gasteiger partial charge in [-0.2, -0.15) is 8.42 Å². The first-order valence-corrected chi connectivity index (χ1v) is 10.9. The van der Waals surface area contributed by atoms with E-state index in [2.05, 4.69) is 10.4 Å². The Balaban J connectivity index is 1.85. The number of carbonyl (C=O) groups is 2. The fourth-order valence-electron chi connectivity index (χ4n) is 2.58. The maximum absolute atomic E-state index is 12.5. The highest BCUT2D eigenvalue weighted by molar-refractivity contribution is 8.14. The zero-order valence-corrected chi connectivity index (χ0v) is 17.6. The van der Waals surface area contributed by atoms with Gasteiger partial charge >= 0.3 is 10.1 Å². The van der Waals surface area contributed by atoms with Gasteiger partial charge in [0.2, 0.25) is 11.8 Å². The number of amides is 2. The average Bonchev–Trinajstić information content (AvgIpc) is 3.05. The third kappa shape index (κ3) is 4.96. The van der Waals surface area contributed by atoms with Crippen LogP contribution >= 0.6 is 11.8 Å². The van der Waals surface area contributed by atoms with E-state index in [1.165, 1.54) is 54.9 Å². The SMILES string of the molecule is CC(=O)NC1=NN(C(C)=O)[C@@H](c2cccc(OS(=O)(=O)c3ccc(C)cc3)c2)S1. The Morgan fingerprint density at radius 1 is 1.14 bits per heavy atom. The molecule has 2 aromatic carbocycles. The van der Waals surface area contributed by atoms with E-state index in [0.29, 0.717) is 5.56 Å². The van der Waals surface area contributed by atoms with Crippen molar-refractivity contribution < 1.29 is 22.2 Å². The van der Waals surface area contributed by atoms with Gasteiger partial charge in [-0.25, -0.2) is 5.01 Å². The number of hydrogen-bond acceptors (Lipinski definition) is 7. The first-order valence-electron chi connectivity index (χ1n) is 8.59. The largest absolute Gasteiger partial charge is 0.379 e. The molecular weight excluding hydrogens is 414 g/mol. The second-order valence-electron chi connectivity index (χ2n) is 6.34. The number of nitrogens with one attached hydrogen (secondary N) is 1. The molecule has 0 fully saturated rings. The highest BCUT2D eigenvalue weighted by atomic mass is 32.2. The molecule has 3 rings (SSSR count). The van der Waals surface area contributed by atoms with Gasteiger partial charge in [-0.05, 0) is 36.8 Å². The molecule has 1 atom stereocenters. The van der Waals surface area contributed by atoms with Gasteiger partial charge in [0.25, 0.3) is 0 Å². The molecule has 1 N–H and O–H groups in total. The predicted octanol–water partition coefficient (Wildman–Crippen LogP) is 2.76. The van der Waals surface area contributed by atoms with Crippen molar-refractivity contribution in [3.8, 4) is 5.75 Å². The van der Waals surface area contributed by atoms with Crippen molar-refractivity contribution in [2.45, 2.75) is 31.0 Å². The molecule has 0 bridgehead atoms. The Hall–Kier alpha value is -2.85. The molecule has 1 heterocycles. The molecule has 10 heteroatoms. The number of rotatable bonds is 4. The molecule has 0 radical (unpaired) electrons. The van der Waals surface area contributed by atoms with Crippen molar-refractivity contribution in [3.63, 3.8) is 0 Å². The number of aryl methyl sites for hydroxylation is 1. The van der Waals surface area contributed by atoms with Crippen molar-refractivity contribution >= 4 is 38.9 Å². The summed E-state index contributed by atoms with van der Waals surface area (Å²) in [7, 11) is -4.00. The number of hydrogen-bond donors (Lipinski definition) is 1. The van der Waals surface area contributed by atoms with Crippen molar-refractivity contribution in [1.82, 2.24) is 10.3 Å². The summed E-state index contributed by atoms with van der Waals surface area (Å²) in [5.74, 6) is -0.511. The lowest BCUT2D eigenvalue weighted by Gasteiger charge is -2.19. The molecule has 0 aliphatic carbocycles. The predicted molar refractivity (Wildman–Crippen MR) is 110 cm³/mol. The van der Waals surface area contributed by atoms with Gasteiger partial charge in [-0.1, -0.05) is 41.6 Å². The van der Waals surface area contributed by atoms with Crippen LogP contribution in [0.25, 0.3) is 0 Å². The molecule has 0 saturated heterocycles. The quantitative estimate of drug-likeness (QED) is 0.744. The van der Waals surface area contributed by atoms with Crippen LogP contribution in [-0.2, 0) is 19.7 Å². The van der Waals surface area contributed by atoms with E-state index in [9.17, 15) is 18.0 Å². The zero-order valence-electron chi connectivity index (χ0n) is 15.9. The second kappa shape index (κ2) is 8.26. The van der Waals surface area contributed by atoms with Gasteiger partial charge in [0.05, 0.1) is 0 Å². The molecule has 0 saturated carbocycles. The minimum Gasteiger partial charge on any atom is -0.379 e. The second-order valence-corrected chi connectivity index (χ2v) is 8.96. The van der Waals surface area contributed by atoms with Crippen LogP contribution in [0, 0.1) is 6.92 Å². The standard InChI is InChI=1S/C19H19N3O5S2/c1-12-7-9-17(10-8-12)29(25,26)27-16-6-4-5-15(11-16)18-22(14(3)24)21-19(28-18)20-13(2)23/h4-11,18H,1-3H3,(H,20,21,23)/t18-/m1/s1. The molecule has 0 unspecified atom stereocenters. The monoisotopic (exact) mass is 433 g/mol. The topological polar surface area (TPSA) is 105 Å². The smallest absolute Gasteiger partial charge is 0.339 e. The van der Waals surface area contributed by atoms with Crippen molar-refractivity contribution in [1.29, 1.82) is 0 Å². The Morgan fingerprint density at radius 2 is 1.83 bits per heavy atom. The molecule has 152 valence electrons. The molecule has 1 aliphatic rings. The Labute approximate surface area is 173 Å². The van der Waals surface area contributed by atoms with Crippen LogP contribution in [0.4, 0.5) is 0 Å². The molecule has 0 spiro atoms. The highest BCUT2D eigenvalue weighted by Gasteiger charge is 2.32. The first-order chi connectivity index (χ1) is 13.7. The minimum absolute atomic E-state index is 0.0467. The van der Waals surface area contributed by atoms with Gasteiger partial charge < -0.3 is 9.50 Å². The van der Waals surface area contributed by atoms with Gasteiger partial charge in [0, 0.05) is 13.8 Å². The first kappa shape index (κ1) is 20.9. The average molecular weight is 434 g/mol. The molecular formula is C19H19N3O5S2. The summed E-state index contributed by atoms with van der Waals surface area (Å²) in [6.45, 7) is 4.56. The van der Waals surface area contributed by atoms with Crippen LogP contribution < -0.4 is 9.50 Å². The van der Waals surface area contributed by atoms with Crippen LogP contribution in [0.15, 0.2) is 58.5 Å². The molecule has 0 aromatic heterocycles. The zero-order chi connectivity index (χ0) is 21.2. The summed E-state index contributed by atoms with van der Waals surface area (Å²) in [6.07, 6.45) is 0.